The molecule has 0 atom stereocenters. The van der Waals surface area contributed by atoms with Crippen LogP contribution in [0.3, 0.4) is 0 Å². The smallest absolute Gasteiger partial charge is 0.307 e. The topological polar surface area (TPSA) is 41.1 Å². The number of urea groups is 1. The average Bonchev–Trinajstić information content (AvgIpc) is 2.41. The van der Waals surface area contributed by atoms with Gasteiger partial charge in [-0.25, -0.2) is 9.18 Å². The molecule has 0 aliphatic rings. The maximum Gasteiger partial charge on any atom is 0.418 e. The molecule has 22 heavy (non-hydrogen) atoms. The summed E-state index contributed by atoms with van der Waals surface area (Å²) in [5, 5.41) is 4.46. The van der Waals surface area contributed by atoms with Gasteiger partial charge in [-0.15, -0.1) is 0 Å². The predicted octanol–water partition coefficient (Wildman–Crippen LogP) is 5.25. The standard InChI is InChI=1S/C14H9BrF4N2O/c15-10-7-8(16)5-6-12(10)21-13(22)20-11-4-2-1-3-9(11)14(17,18)19/h1-7H,(H2,20,21,22). The molecule has 0 fully saturated rings. The monoisotopic (exact) mass is 376 g/mol. The third kappa shape index (κ3) is 3.97. The zero-order valence-electron chi connectivity index (χ0n) is 10.8. The molecule has 0 saturated carbocycles. The molecule has 0 spiro atoms. The minimum atomic E-state index is -4.58. The molecule has 0 unspecified atom stereocenters. The fraction of sp³-hybridized carbons (Fsp3) is 0.0714. The van der Waals surface area contributed by atoms with Crippen molar-refractivity contribution in [1.29, 1.82) is 0 Å². The Morgan fingerprint density at radius 3 is 2.27 bits per heavy atom. The van der Waals surface area contributed by atoms with Crippen LogP contribution in [-0.2, 0) is 6.18 Å². The highest BCUT2D eigenvalue weighted by atomic mass is 79.9. The van der Waals surface area contributed by atoms with E-state index in [1.54, 1.807) is 0 Å². The van der Waals surface area contributed by atoms with E-state index >= 15 is 0 Å². The van der Waals surface area contributed by atoms with Gasteiger partial charge >= 0.3 is 12.2 Å². The van der Waals surface area contributed by atoms with Crippen molar-refractivity contribution in [2.45, 2.75) is 6.18 Å². The van der Waals surface area contributed by atoms with E-state index in [1.807, 2.05) is 0 Å². The second-order valence-corrected chi connectivity index (χ2v) is 5.10. The first kappa shape index (κ1) is 16.3. The maximum atomic E-state index is 12.9. The van der Waals surface area contributed by atoms with Crippen LogP contribution in [0.5, 0.6) is 0 Å². The molecular weight excluding hydrogens is 368 g/mol. The fourth-order valence-electron chi connectivity index (χ4n) is 1.71. The summed E-state index contributed by atoms with van der Waals surface area (Å²) in [6, 6.07) is 7.26. The average molecular weight is 377 g/mol. The number of para-hydroxylation sites is 1. The Balaban J connectivity index is 2.16. The van der Waals surface area contributed by atoms with Gasteiger partial charge in [0.05, 0.1) is 16.9 Å². The van der Waals surface area contributed by atoms with Crippen molar-refractivity contribution in [3.63, 3.8) is 0 Å². The number of carbonyl (C=O) groups excluding carboxylic acids is 1. The highest BCUT2D eigenvalue weighted by Gasteiger charge is 2.33. The van der Waals surface area contributed by atoms with Gasteiger partial charge in [-0.3, -0.25) is 0 Å². The Hall–Kier alpha value is -2.09. The molecule has 2 aromatic rings. The Kier molecular flexibility index (Phi) is 4.70. The van der Waals surface area contributed by atoms with Gasteiger partial charge in [-0.2, -0.15) is 13.2 Å². The summed E-state index contributed by atoms with van der Waals surface area (Å²) in [5.74, 6) is -0.514. The van der Waals surface area contributed by atoms with E-state index in [0.717, 1.165) is 24.3 Å². The second kappa shape index (κ2) is 6.35. The number of amides is 2. The molecule has 0 heterocycles. The first-order valence-electron chi connectivity index (χ1n) is 5.96. The van der Waals surface area contributed by atoms with Gasteiger partial charge < -0.3 is 10.6 Å². The molecule has 2 N–H and O–H groups in total. The summed E-state index contributed by atoms with van der Waals surface area (Å²) in [7, 11) is 0. The minimum Gasteiger partial charge on any atom is -0.307 e. The summed E-state index contributed by atoms with van der Waals surface area (Å²) in [4.78, 5) is 11.8. The van der Waals surface area contributed by atoms with Crippen LogP contribution in [0.2, 0.25) is 0 Å². The fourth-order valence-corrected chi connectivity index (χ4v) is 2.16. The lowest BCUT2D eigenvalue weighted by Crippen LogP contribution is -2.22. The quantitative estimate of drug-likeness (QED) is 0.690. The van der Waals surface area contributed by atoms with Crippen molar-refractivity contribution < 1.29 is 22.4 Å². The lowest BCUT2D eigenvalue weighted by molar-refractivity contribution is -0.136. The van der Waals surface area contributed by atoms with Crippen LogP contribution < -0.4 is 10.6 Å². The van der Waals surface area contributed by atoms with Gasteiger partial charge in [0.15, 0.2) is 0 Å². The lowest BCUT2D eigenvalue weighted by atomic mass is 10.1. The zero-order chi connectivity index (χ0) is 16.3. The van der Waals surface area contributed by atoms with Crippen LogP contribution in [0, 0.1) is 5.82 Å². The summed E-state index contributed by atoms with van der Waals surface area (Å²) in [6.07, 6.45) is -4.58. The third-order valence-corrected chi connectivity index (χ3v) is 3.32. The largest absolute Gasteiger partial charge is 0.418 e. The number of benzene rings is 2. The lowest BCUT2D eigenvalue weighted by Gasteiger charge is -2.14. The van der Waals surface area contributed by atoms with E-state index in [9.17, 15) is 22.4 Å². The predicted molar refractivity (Wildman–Crippen MR) is 78.2 cm³/mol. The summed E-state index contributed by atoms with van der Waals surface area (Å²) < 4.78 is 51.6. The summed E-state index contributed by atoms with van der Waals surface area (Å²) in [6.45, 7) is 0. The van der Waals surface area contributed by atoms with E-state index in [1.165, 1.54) is 18.2 Å². The van der Waals surface area contributed by atoms with Crippen molar-refractivity contribution in [1.82, 2.24) is 0 Å². The van der Waals surface area contributed by atoms with E-state index in [0.29, 0.717) is 0 Å². The van der Waals surface area contributed by atoms with Crippen molar-refractivity contribution in [2.75, 3.05) is 10.6 Å². The van der Waals surface area contributed by atoms with Gasteiger partial charge in [0.25, 0.3) is 0 Å². The first-order chi connectivity index (χ1) is 10.3. The van der Waals surface area contributed by atoms with Crippen molar-refractivity contribution in [3.8, 4) is 0 Å². The zero-order valence-corrected chi connectivity index (χ0v) is 12.4. The van der Waals surface area contributed by atoms with E-state index < -0.39 is 23.6 Å². The first-order valence-corrected chi connectivity index (χ1v) is 6.76. The number of nitrogens with one attached hydrogen (secondary N) is 2. The molecule has 116 valence electrons. The van der Waals surface area contributed by atoms with Gasteiger partial charge in [-0.05, 0) is 46.3 Å². The maximum absolute atomic E-state index is 12.9. The number of anilines is 2. The molecule has 2 aromatic carbocycles. The number of hydrogen-bond acceptors (Lipinski definition) is 1. The molecule has 0 aromatic heterocycles. The number of carbonyl (C=O) groups is 1. The second-order valence-electron chi connectivity index (χ2n) is 4.25. The SMILES string of the molecule is O=C(Nc1ccc(F)cc1Br)Nc1ccccc1C(F)(F)F. The van der Waals surface area contributed by atoms with Crippen LogP contribution in [-0.4, -0.2) is 6.03 Å². The van der Waals surface area contributed by atoms with Crippen molar-refractivity contribution in [2.24, 2.45) is 0 Å². The molecule has 0 bridgehead atoms. The summed E-state index contributed by atoms with van der Waals surface area (Å²) in [5.41, 5.74) is -1.10. The van der Waals surface area contributed by atoms with Gasteiger partial charge in [0.2, 0.25) is 0 Å². The molecule has 8 heteroatoms. The highest BCUT2D eigenvalue weighted by Crippen LogP contribution is 2.34. The number of rotatable bonds is 2. The number of halogens is 5. The van der Waals surface area contributed by atoms with E-state index in [2.05, 4.69) is 26.6 Å². The van der Waals surface area contributed by atoms with Crippen LogP contribution in [0.25, 0.3) is 0 Å². The third-order valence-electron chi connectivity index (χ3n) is 2.66. The molecule has 0 radical (unpaired) electrons. The Bertz CT molecular complexity index is 703. The van der Waals surface area contributed by atoms with Crippen LogP contribution >= 0.6 is 15.9 Å². The molecular formula is C14H9BrF4N2O. The van der Waals surface area contributed by atoms with Gasteiger partial charge in [0, 0.05) is 4.47 Å². The van der Waals surface area contributed by atoms with E-state index in [-0.39, 0.29) is 15.8 Å². The van der Waals surface area contributed by atoms with E-state index in [4.69, 9.17) is 0 Å². The number of alkyl halides is 3. The summed E-state index contributed by atoms with van der Waals surface area (Å²) >= 11 is 3.04. The molecule has 0 aliphatic carbocycles. The van der Waals surface area contributed by atoms with Crippen molar-refractivity contribution in [3.05, 3.63) is 58.3 Å². The molecule has 2 amide bonds. The Labute approximate surface area is 131 Å². The molecule has 0 aliphatic heterocycles. The van der Waals surface area contributed by atoms with Gasteiger partial charge in [-0.1, -0.05) is 12.1 Å². The normalized spacial score (nSPS) is 11.1. The van der Waals surface area contributed by atoms with Crippen molar-refractivity contribution >= 4 is 33.3 Å². The molecule has 3 nitrogen and oxygen atoms in total. The van der Waals surface area contributed by atoms with Crippen LogP contribution in [0.1, 0.15) is 5.56 Å². The van der Waals surface area contributed by atoms with Crippen LogP contribution in [0.4, 0.5) is 33.7 Å². The Morgan fingerprint density at radius 2 is 1.64 bits per heavy atom. The van der Waals surface area contributed by atoms with Gasteiger partial charge in [0.1, 0.15) is 5.82 Å². The highest BCUT2D eigenvalue weighted by molar-refractivity contribution is 9.10. The number of hydrogen-bond donors (Lipinski definition) is 2. The molecule has 2 rings (SSSR count). The molecule has 0 saturated heterocycles. The van der Waals surface area contributed by atoms with Crippen LogP contribution in [0.15, 0.2) is 46.9 Å². The minimum absolute atomic E-state index is 0.225. The Morgan fingerprint density at radius 1 is 1.00 bits per heavy atom.